The molecule has 0 radical (unpaired) electrons. The summed E-state index contributed by atoms with van der Waals surface area (Å²) in [6.07, 6.45) is -4.89. The number of para-hydroxylation sites is 3. The summed E-state index contributed by atoms with van der Waals surface area (Å²) < 4.78 is 45.5. The van der Waals surface area contributed by atoms with Crippen molar-refractivity contribution >= 4 is 28.9 Å². The maximum atomic E-state index is 13.4. The van der Waals surface area contributed by atoms with Crippen molar-refractivity contribution in [1.82, 2.24) is 0 Å². The van der Waals surface area contributed by atoms with Gasteiger partial charge in [-0.05, 0) is 24.3 Å². The molecule has 158 valence electrons. The van der Waals surface area contributed by atoms with E-state index in [-0.39, 0.29) is 6.42 Å². The van der Waals surface area contributed by atoms with Gasteiger partial charge in [0.05, 0.1) is 42.3 Å². The minimum atomic E-state index is -4.67. The van der Waals surface area contributed by atoms with Crippen LogP contribution in [0.4, 0.5) is 30.2 Å². The summed E-state index contributed by atoms with van der Waals surface area (Å²) in [5.41, 5.74) is 0.0542. The summed E-state index contributed by atoms with van der Waals surface area (Å²) in [5.74, 6) is -1.37. The molecule has 2 aliphatic rings. The van der Waals surface area contributed by atoms with Gasteiger partial charge in [-0.25, -0.2) is 4.90 Å². The third kappa shape index (κ3) is 3.85. The van der Waals surface area contributed by atoms with Crippen molar-refractivity contribution in [1.29, 1.82) is 0 Å². The van der Waals surface area contributed by atoms with Crippen molar-refractivity contribution in [2.75, 3.05) is 41.4 Å². The highest BCUT2D eigenvalue weighted by molar-refractivity contribution is 6.23. The van der Waals surface area contributed by atoms with Gasteiger partial charge in [0.2, 0.25) is 5.91 Å². The Bertz CT molecular complexity index is 958. The fourth-order valence-electron chi connectivity index (χ4n) is 3.77. The Morgan fingerprint density at radius 1 is 0.933 bits per heavy atom. The molecule has 2 fully saturated rings. The van der Waals surface area contributed by atoms with Gasteiger partial charge < -0.3 is 15.0 Å². The lowest BCUT2D eigenvalue weighted by atomic mass is 10.1. The van der Waals surface area contributed by atoms with E-state index in [2.05, 4.69) is 10.2 Å². The smallest absolute Gasteiger partial charge is 0.378 e. The Labute approximate surface area is 171 Å². The quantitative estimate of drug-likeness (QED) is 0.771. The van der Waals surface area contributed by atoms with Crippen molar-refractivity contribution < 1.29 is 27.5 Å². The standard InChI is InChI=1S/C21H20F3N3O3/c22-21(23,24)14-5-1-3-7-17(14)27-19(28)13-16(20(27)29)25-15-6-2-4-8-18(15)26-9-11-30-12-10-26/h1-8,16,25H,9-13H2/t16-/m0/s1. The fraction of sp³-hybridized carbons (Fsp3) is 0.333. The van der Waals surface area contributed by atoms with Crippen LogP contribution in [0.2, 0.25) is 0 Å². The van der Waals surface area contributed by atoms with E-state index in [4.69, 9.17) is 4.74 Å². The lowest BCUT2D eigenvalue weighted by Gasteiger charge is -2.31. The van der Waals surface area contributed by atoms with Crippen LogP contribution in [0.5, 0.6) is 0 Å². The molecule has 4 rings (SSSR count). The zero-order valence-corrected chi connectivity index (χ0v) is 16.0. The molecule has 2 aromatic carbocycles. The van der Waals surface area contributed by atoms with Gasteiger partial charge in [-0.15, -0.1) is 0 Å². The highest BCUT2D eigenvalue weighted by atomic mass is 19.4. The van der Waals surface area contributed by atoms with Gasteiger partial charge in [-0.1, -0.05) is 24.3 Å². The summed E-state index contributed by atoms with van der Waals surface area (Å²) in [6, 6.07) is 11.0. The van der Waals surface area contributed by atoms with Gasteiger partial charge in [0.1, 0.15) is 6.04 Å². The molecule has 0 spiro atoms. The maximum Gasteiger partial charge on any atom is 0.418 e. The van der Waals surface area contributed by atoms with Crippen molar-refractivity contribution in [3.05, 3.63) is 54.1 Å². The van der Waals surface area contributed by atoms with Crippen LogP contribution in [0.3, 0.4) is 0 Å². The molecule has 1 N–H and O–H groups in total. The highest BCUT2D eigenvalue weighted by Gasteiger charge is 2.44. The second kappa shape index (κ2) is 7.98. The molecular formula is C21H20F3N3O3. The van der Waals surface area contributed by atoms with Gasteiger partial charge in [0.15, 0.2) is 0 Å². The van der Waals surface area contributed by atoms with Gasteiger partial charge in [0, 0.05) is 13.1 Å². The molecule has 0 aliphatic carbocycles. The average molecular weight is 419 g/mol. The van der Waals surface area contributed by atoms with Crippen LogP contribution in [-0.2, 0) is 20.5 Å². The molecule has 0 saturated carbocycles. The maximum absolute atomic E-state index is 13.4. The Hall–Kier alpha value is -3.07. The van der Waals surface area contributed by atoms with Crippen LogP contribution in [0.25, 0.3) is 0 Å². The van der Waals surface area contributed by atoms with Gasteiger partial charge in [0.25, 0.3) is 5.91 Å². The van der Waals surface area contributed by atoms with Crippen LogP contribution in [-0.4, -0.2) is 44.2 Å². The zero-order chi connectivity index (χ0) is 21.3. The molecule has 30 heavy (non-hydrogen) atoms. The summed E-state index contributed by atoms with van der Waals surface area (Å²) in [5, 5.41) is 3.07. The van der Waals surface area contributed by atoms with E-state index in [1.807, 2.05) is 12.1 Å². The minimum absolute atomic E-state index is 0.220. The SMILES string of the molecule is O=C1C[C@H](Nc2ccccc2N2CCOCC2)C(=O)N1c1ccccc1C(F)(F)F. The molecule has 0 unspecified atom stereocenters. The summed E-state index contributed by atoms with van der Waals surface area (Å²) in [6.45, 7) is 2.52. The number of amides is 2. The van der Waals surface area contributed by atoms with E-state index in [0.29, 0.717) is 36.9 Å². The Morgan fingerprint density at radius 2 is 1.57 bits per heavy atom. The first kappa shape index (κ1) is 20.2. The van der Waals surface area contributed by atoms with E-state index < -0.39 is 35.3 Å². The summed E-state index contributed by atoms with van der Waals surface area (Å²) in [4.78, 5) is 28.2. The van der Waals surface area contributed by atoms with E-state index >= 15 is 0 Å². The molecule has 1 atom stereocenters. The topological polar surface area (TPSA) is 61.9 Å². The Balaban J connectivity index is 1.60. The van der Waals surface area contributed by atoms with Crippen molar-refractivity contribution in [2.45, 2.75) is 18.6 Å². The highest BCUT2D eigenvalue weighted by Crippen LogP contribution is 2.38. The second-order valence-corrected chi connectivity index (χ2v) is 7.10. The first-order chi connectivity index (χ1) is 14.4. The number of alkyl halides is 3. The van der Waals surface area contributed by atoms with Gasteiger partial charge >= 0.3 is 6.18 Å². The number of halogens is 3. The van der Waals surface area contributed by atoms with E-state index in [9.17, 15) is 22.8 Å². The molecule has 2 aliphatic heterocycles. The minimum Gasteiger partial charge on any atom is -0.378 e. The van der Waals surface area contributed by atoms with E-state index in [0.717, 1.165) is 17.8 Å². The molecule has 0 bridgehead atoms. The monoisotopic (exact) mass is 419 g/mol. The molecule has 9 heteroatoms. The van der Waals surface area contributed by atoms with E-state index in [1.165, 1.54) is 12.1 Å². The molecule has 0 aromatic heterocycles. The van der Waals surface area contributed by atoms with Crippen LogP contribution >= 0.6 is 0 Å². The third-order valence-electron chi connectivity index (χ3n) is 5.18. The second-order valence-electron chi connectivity index (χ2n) is 7.10. The number of anilines is 3. The van der Waals surface area contributed by atoms with Crippen LogP contribution < -0.4 is 15.1 Å². The Morgan fingerprint density at radius 3 is 2.27 bits per heavy atom. The number of benzene rings is 2. The van der Waals surface area contributed by atoms with Gasteiger partial charge in [-0.2, -0.15) is 13.2 Å². The number of hydrogen-bond donors (Lipinski definition) is 1. The Kier molecular flexibility index (Phi) is 5.38. The number of nitrogens with zero attached hydrogens (tertiary/aromatic N) is 2. The number of carbonyl (C=O) groups excluding carboxylic acids is 2. The molecule has 2 amide bonds. The number of ether oxygens (including phenoxy) is 1. The van der Waals surface area contributed by atoms with Crippen LogP contribution in [0.15, 0.2) is 48.5 Å². The number of morpholine rings is 1. The predicted octanol–water partition coefficient (Wildman–Crippen LogP) is 3.29. The number of nitrogens with one attached hydrogen (secondary N) is 1. The summed E-state index contributed by atoms with van der Waals surface area (Å²) in [7, 11) is 0. The molecular weight excluding hydrogens is 399 g/mol. The van der Waals surface area contributed by atoms with E-state index in [1.54, 1.807) is 12.1 Å². The average Bonchev–Trinajstić information content (AvgIpc) is 3.01. The molecule has 6 nitrogen and oxygen atoms in total. The van der Waals surface area contributed by atoms with Gasteiger partial charge in [-0.3, -0.25) is 9.59 Å². The van der Waals surface area contributed by atoms with Crippen LogP contribution in [0.1, 0.15) is 12.0 Å². The fourth-order valence-corrected chi connectivity index (χ4v) is 3.77. The summed E-state index contributed by atoms with van der Waals surface area (Å²) >= 11 is 0. The van der Waals surface area contributed by atoms with Crippen molar-refractivity contribution in [2.24, 2.45) is 0 Å². The lowest BCUT2D eigenvalue weighted by Crippen LogP contribution is -2.38. The van der Waals surface area contributed by atoms with Crippen molar-refractivity contribution in [3.8, 4) is 0 Å². The van der Waals surface area contributed by atoms with Crippen molar-refractivity contribution in [3.63, 3.8) is 0 Å². The zero-order valence-electron chi connectivity index (χ0n) is 16.0. The molecule has 2 heterocycles. The first-order valence-corrected chi connectivity index (χ1v) is 9.57. The van der Waals surface area contributed by atoms with Crippen LogP contribution in [0, 0.1) is 0 Å². The number of rotatable bonds is 4. The largest absolute Gasteiger partial charge is 0.418 e. The number of hydrogen-bond acceptors (Lipinski definition) is 5. The predicted molar refractivity (Wildman–Crippen MR) is 105 cm³/mol. The third-order valence-corrected chi connectivity index (χ3v) is 5.18. The molecule has 2 saturated heterocycles. The number of imide groups is 1. The number of carbonyl (C=O) groups is 2. The first-order valence-electron chi connectivity index (χ1n) is 9.57. The molecule has 2 aromatic rings. The lowest BCUT2D eigenvalue weighted by molar-refractivity contribution is -0.137. The normalized spacial score (nSPS) is 20.0.